The third-order valence-corrected chi connectivity index (χ3v) is 3.06. The van der Waals surface area contributed by atoms with Gasteiger partial charge in [-0.05, 0) is 13.8 Å². The maximum Gasteiger partial charge on any atom is 0.0842 e. The lowest BCUT2D eigenvalue weighted by atomic mass is 10.2. The number of hydrogen-bond acceptors (Lipinski definition) is 4. The number of rotatable bonds is 3. The fourth-order valence-electron chi connectivity index (χ4n) is 2.00. The second kappa shape index (κ2) is 5.56. The van der Waals surface area contributed by atoms with Crippen LogP contribution in [0, 0.1) is 0 Å². The van der Waals surface area contributed by atoms with Crippen LogP contribution < -0.4 is 15.5 Å². The third kappa shape index (κ3) is 3.01. The van der Waals surface area contributed by atoms with Gasteiger partial charge < -0.3 is 15.5 Å². The maximum atomic E-state index is 6.23. The predicted octanol–water partition coefficient (Wildman–Crippen LogP) is 1.96. The van der Waals surface area contributed by atoms with Gasteiger partial charge >= 0.3 is 0 Å². The lowest BCUT2D eigenvalue weighted by Gasteiger charge is -2.31. The molecule has 0 atom stereocenters. The molecule has 1 aromatic rings. The average Bonchev–Trinajstić information content (AvgIpc) is 2.32. The van der Waals surface area contributed by atoms with Gasteiger partial charge in [-0.25, -0.2) is 0 Å². The van der Waals surface area contributed by atoms with Gasteiger partial charge in [-0.3, -0.25) is 4.98 Å². The first kappa shape index (κ1) is 12.5. The first-order chi connectivity index (χ1) is 8.18. The van der Waals surface area contributed by atoms with Crippen molar-refractivity contribution in [3.05, 3.63) is 17.4 Å². The van der Waals surface area contributed by atoms with Crippen molar-refractivity contribution in [3.63, 3.8) is 0 Å². The lowest BCUT2D eigenvalue weighted by molar-refractivity contribution is 0.589. The van der Waals surface area contributed by atoms with Gasteiger partial charge in [0.15, 0.2) is 0 Å². The van der Waals surface area contributed by atoms with Crippen molar-refractivity contribution in [2.75, 3.05) is 36.4 Å². The Morgan fingerprint density at radius 3 is 2.71 bits per heavy atom. The molecule has 1 aromatic heterocycles. The van der Waals surface area contributed by atoms with Crippen molar-refractivity contribution >= 4 is 23.0 Å². The van der Waals surface area contributed by atoms with Crippen molar-refractivity contribution in [1.29, 1.82) is 0 Å². The lowest BCUT2D eigenvalue weighted by Crippen LogP contribution is -2.43. The summed E-state index contributed by atoms with van der Waals surface area (Å²) < 4.78 is 0. The summed E-state index contributed by atoms with van der Waals surface area (Å²) in [5, 5.41) is 7.44. The number of anilines is 2. The Balaban J connectivity index is 2.27. The third-order valence-electron chi connectivity index (χ3n) is 2.77. The first-order valence-electron chi connectivity index (χ1n) is 6.04. The second-order valence-electron chi connectivity index (χ2n) is 4.55. The highest BCUT2D eigenvalue weighted by molar-refractivity contribution is 6.33. The van der Waals surface area contributed by atoms with Gasteiger partial charge in [0, 0.05) is 38.4 Å². The molecule has 1 saturated heterocycles. The zero-order valence-electron chi connectivity index (χ0n) is 10.3. The Morgan fingerprint density at radius 2 is 2.06 bits per heavy atom. The van der Waals surface area contributed by atoms with E-state index in [9.17, 15) is 0 Å². The van der Waals surface area contributed by atoms with Crippen LogP contribution in [0.15, 0.2) is 12.4 Å². The van der Waals surface area contributed by atoms with E-state index in [1.165, 1.54) is 0 Å². The zero-order valence-corrected chi connectivity index (χ0v) is 11.1. The Hall–Kier alpha value is -1.00. The van der Waals surface area contributed by atoms with Crippen LogP contribution in [0.5, 0.6) is 0 Å². The minimum Gasteiger partial charge on any atom is -0.380 e. The number of nitrogens with zero attached hydrogens (tertiary/aromatic N) is 2. The monoisotopic (exact) mass is 254 g/mol. The van der Waals surface area contributed by atoms with E-state index in [1.54, 1.807) is 6.20 Å². The predicted molar refractivity (Wildman–Crippen MR) is 73.1 cm³/mol. The van der Waals surface area contributed by atoms with Crippen molar-refractivity contribution in [3.8, 4) is 0 Å². The molecule has 0 aromatic carbocycles. The molecule has 2 rings (SSSR count). The van der Waals surface area contributed by atoms with Crippen molar-refractivity contribution < 1.29 is 0 Å². The molecule has 0 spiro atoms. The summed E-state index contributed by atoms with van der Waals surface area (Å²) in [6.45, 7) is 8.22. The minimum atomic E-state index is 0.358. The molecule has 0 radical (unpaired) electrons. The number of piperazine rings is 1. The Kier molecular flexibility index (Phi) is 4.07. The average molecular weight is 255 g/mol. The molecule has 2 N–H and O–H groups in total. The van der Waals surface area contributed by atoms with E-state index in [0.29, 0.717) is 11.1 Å². The molecular formula is C12H19ClN4. The number of aromatic nitrogens is 1. The van der Waals surface area contributed by atoms with Crippen LogP contribution in [0.1, 0.15) is 13.8 Å². The molecule has 1 fully saturated rings. The van der Waals surface area contributed by atoms with Gasteiger partial charge in [0.05, 0.1) is 22.6 Å². The summed E-state index contributed by atoms with van der Waals surface area (Å²) in [5.74, 6) is 0. The van der Waals surface area contributed by atoms with Crippen LogP contribution in [0.3, 0.4) is 0 Å². The van der Waals surface area contributed by atoms with E-state index in [2.05, 4.69) is 34.4 Å². The van der Waals surface area contributed by atoms with E-state index in [4.69, 9.17) is 11.6 Å². The van der Waals surface area contributed by atoms with Crippen LogP contribution in [0.2, 0.25) is 5.02 Å². The molecule has 1 aliphatic heterocycles. The van der Waals surface area contributed by atoms with E-state index < -0.39 is 0 Å². The molecule has 0 unspecified atom stereocenters. The van der Waals surface area contributed by atoms with Crippen LogP contribution in [0.4, 0.5) is 11.4 Å². The SMILES string of the molecule is CC(C)Nc1c(Cl)cncc1N1CCNCC1. The first-order valence-corrected chi connectivity index (χ1v) is 6.42. The highest BCUT2D eigenvalue weighted by atomic mass is 35.5. The molecule has 4 nitrogen and oxygen atoms in total. The van der Waals surface area contributed by atoms with Gasteiger partial charge in [0.25, 0.3) is 0 Å². The summed E-state index contributed by atoms with van der Waals surface area (Å²) in [6.07, 6.45) is 3.58. The molecule has 2 heterocycles. The van der Waals surface area contributed by atoms with Gasteiger partial charge in [-0.1, -0.05) is 11.6 Å². The summed E-state index contributed by atoms with van der Waals surface area (Å²) in [7, 11) is 0. The van der Waals surface area contributed by atoms with Gasteiger partial charge in [0.2, 0.25) is 0 Å². The number of nitrogens with one attached hydrogen (secondary N) is 2. The smallest absolute Gasteiger partial charge is 0.0842 e. The summed E-state index contributed by atoms with van der Waals surface area (Å²) in [6, 6.07) is 0.358. The summed E-state index contributed by atoms with van der Waals surface area (Å²) in [4.78, 5) is 6.51. The van der Waals surface area contributed by atoms with Crippen LogP contribution in [0.25, 0.3) is 0 Å². The van der Waals surface area contributed by atoms with Gasteiger partial charge in [-0.15, -0.1) is 0 Å². The van der Waals surface area contributed by atoms with Crippen molar-refractivity contribution in [2.45, 2.75) is 19.9 Å². The topological polar surface area (TPSA) is 40.2 Å². The van der Waals surface area contributed by atoms with Crippen LogP contribution in [-0.2, 0) is 0 Å². The normalized spacial score (nSPS) is 16.4. The van der Waals surface area contributed by atoms with Crippen LogP contribution in [-0.4, -0.2) is 37.2 Å². The van der Waals surface area contributed by atoms with Crippen molar-refractivity contribution in [1.82, 2.24) is 10.3 Å². The molecule has 0 amide bonds. The Morgan fingerprint density at radius 1 is 1.35 bits per heavy atom. The molecule has 0 bridgehead atoms. The second-order valence-corrected chi connectivity index (χ2v) is 4.96. The van der Waals surface area contributed by atoms with E-state index >= 15 is 0 Å². The van der Waals surface area contributed by atoms with Crippen LogP contribution >= 0.6 is 11.6 Å². The molecule has 5 heteroatoms. The molecule has 94 valence electrons. The largest absolute Gasteiger partial charge is 0.380 e. The molecule has 17 heavy (non-hydrogen) atoms. The van der Waals surface area contributed by atoms with E-state index in [0.717, 1.165) is 37.6 Å². The van der Waals surface area contributed by atoms with Gasteiger partial charge in [0.1, 0.15) is 0 Å². The standard InChI is InChI=1S/C12H19ClN4/c1-9(2)16-12-10(13)7-15-8-11(12)17-5-3-14-4-6-17/h7-9,14H,3-6H2,1-2H3,(H,15,16). The van der Waals surface area contributed by atoms with E-state index in [-0.39, 0.29) is 0 Å². The Labute approximate surface area is 107 Å². The summed E-state index contributed by atoms with van der Waals surface area (Å²) in [5.41, 5.74) is 2.10. The number of pyridine rings is 1. The highest BCUT2D eigenvalue weighted by Crippen LogP contribution is 2.32. The maximum absolute atomic E-state index is 6.23. The number of halogens is 1. The molecule has 0 aliphatic carbocycles. The van der Waals surface area contributed by atoms with E-state index in [1.807, 2.05) is 6.20 Å². The number of hydrogen-bond donors (Lipinski definition) is 2. The molecule has 1 aliphatic rings. The highest BCUT2D eigenvalue weighted by Gasteiger charge is 2.17. The Bertz CT molecular complexity index is 375. The zero-order chi connectivity index (χ0) is 12.3. The minimum absolute atomic E-state index is 0.358. The quantitative estimate of drug-likeness (QED) is 0.865. The fourth-order valence-corrected chi connectivity index (χ4v) is 2.21. The van der Waals surface area contributed by atoms with Gasteiger partial charge in [-0.2, -0.15) is 0 Å². The summed E-state index contributed by atoms with van der Waals surface area (Å²) >= 11 is 6.23. The molecule has 0 saturated carbocycles. The van der Waals surface area contributed by atoms with Crippen molar-refractivity contribution in [2.24, 2.45) is 0 Å². The fraction of sp³-hybridized carbons (Fsp3) is 0.583. The molecular weight excluding hydrogens is 236 g/mol.